The number of nitrogens with zero attached hydrogens (tertiary/aromatic N) is 1. The van der Waals surface area contributed by atoms with Gasteiger partial charge in [0.15, 0.2) is 0 Å². The van der Waals surface area contributed by atoms with Crippen LogP contribution in [-0.4, -0.2) is 105 Å². The van der Waals surface area contributed by atoms with E-state index in [1.165, 1.54) is 0 Å². The smallest absolute Gasteiger partial charge is 0.316 e. The summed E-state index contributed by atoms with van der Waals surface area (Å²) >= 11 is 0.0366. The standard InChI is InChI=1S/C44H56N4O7Se/c49-41(24-31-6-1-4-29(18-31)21-38(42(50)51)34-10-13-45-25-34)48(28-33-8-2-5-30(19-33)22-39(43(52)53)35-11-14-46-26-35)16-17-56-37-9-3-7-32(20-37)23-40(44(54)55)36-12-15-47-27-36/h1-9,18-20,34-36,38-40,45-47H,10-17,21-28H2,(H,50,51)(H,52,53)(H,54,55)/t34-,35-,36-,38-,39-,40-/m0/s1. The predicted octanol–water partition coefficient (Wildman–Crippen LogP) is 3.26. The van der Waals surface area contributed by atoms with E-state index >= 15 is 0 Å². The van der Waals surface area contributed by atoms with Crippen molar-refractivity contribution in [2.24, 2.45) is 35.5 Å². The first-order chi connectivity index (χ1) is 27.1. The number of carbonyl (C=O) groups is 4. The van der Waals surface area contributed by atoms with E-state index < -0.39 is 35.7 Å². The fourth-order valence-electron chi connectivity index (χ4n) is 8.75. The molecule has 300 valence electrons. The molecule has 0 bridgehead atoms. The molecule has 0 aliphatic carbocycles. The Bertz CT molecular complexity index is 1810. The third-order valence-electron chi connectivity index (χ3n) is 11.9. The zero-order chi connectivity index (χ0) is 39.4. The summed E-state index contributed by atoms with van der Waals surface area (Å²) in [6.45, 7) is 5.57. The summed E-state index contributed by atoms with van der Waals surface area (Å²) in [5, 5.41) is 40.7. The maximum atomic E-state index is 14.2. The number of aliphatic carboxylic acids is 3. The predicted molar refractivity (Wildman–Crippen MR) is 216 cm³/mol. The average molecular weight is 832 g/mol. The van der Waals surface area contributed by atoms with Crippen molar-refractivity contribution in [1.29, 1.82) is 0 Å². The first-order valence-corrected chi connectivity index (χ1v) is 22.2. The van der Waals surface area contributed by atoms with Crippen LogP contribution in [0.1, 0.15) is 47.1 Å². The molecule has 0 aromatic heterocycles. The van der Waals surface area contributed by atoms with Crippen molar-refractivity contribution in [3.63, 3.8) is 0 Å². The number of amides is 1. The molecule has 0 saturated carbocycles. The number of rotatable bonds is 20. The topological polar surface area (TPSA) is 168 Å². The normalized spacial score (nSPS) is 21.0. The Morgan fingerprint density at radius 1 is 0.607 bits per heavy atom. The molecule has 3 heterocycles. The van der Waals surface area contributed by atoms with Crippen LogP contribution in [0, 0.1) is 35.5 Å². The third kappa shape index (κ3) is 11.7. The van der Waals surface area contributed by atoms with Crippen molar-refractivity contribution in [3.8, 4) is 0 Å². The Balaban J connectivity index is 1.15. The van der Waals surface area contributed by atoms with Gasteiger partial charge < -0.3 is 5.32 Å². The van der Waals surface area contributed by atoms with Crippen LogP contribution in [-0.2, 0) is 51.4 Å². The first kappa shape index (κ1) is 41.6. The second-order valence-corrected chi connectivity index (χ2v) is 18.3. The van der Waals surface area contributed by atoms with Crippen LogP contribution in [0.3, 0.4) is 0 Å². The van der Waals surface area contributed by atoms with Gasteiger partial charge in [-0.2, -0.15) is 0 Å². The molecule has 3 aromatic rings. The Morgan fingerprint density at radius 2 is 1.04 bits per heavy atom. The maximum absolute atomic E-state index is 14.2. The van der Waals surface area contributed by atoms with E-state index in [1.54, 1.807) is 0 Å². The molecule has 3 aromatic carbocycles. The van der Waals surface area contributed by atoms with Crippen molar-refractivity contribution in [2.45, 2.75) is 56.8 Å². The minimum atomic E-state index is -0.789. The number of nitrogens with one attached hydrogen (secondary N) is 3. The molecule has 0 unspecified atom stereocenters. The molecule has 11 nitrogen and oxygen atoms in total. The van der Waals surface area contributed by atoms with Gasteiger partial charge >= 0.3 is 325 Å². The summed E-state index contributed by atoms with van der Waals surface area (Å²) in [6.07, 6.45) is 4.09. The van der Waals surface area contributed by atoms with Crippen LogP contribution in [0.25, 0.3) is 0 Å². The van der Waals surface area contributed by atoms with E-state index in [0.717, 1.165) is 83.0 Å². The van der Waals surface area contributed by atoms with Gasteiger partial charge in [-0.15, -0.1) is 0 Å². The van der Waals surface area contributed by atoms with E-state index in [2.05, 4.69) is 28.1 Å². The monoisotopic (exact) mass is 832 g/mol. The second kappa shape index (κ2) is 20.4. The van der Waals surface area contributed by atoms with Crippen LogP contribution in [0.5, 0.6) is 0 Å². The van der Waals surface area contributed by atoms with E-state index in [-0.39, 0.29) is 45.0 Å². The number of benzene rings is 3. The number of hydrogen-bond acceptors (Lipinski definition) is 7. The number of carbonyl (C=O) groups excluding carboxylic acids is 1. The van der Waals surface area contributed by atoms with Crippen molar-refractivity contribution >= 4 is 43.2 Å². The SMILES string of the molecule is O=C(O)[C@@H](Cc1cccc(CC(=O)N(CC[Se]c2cccc(C[C@H](C(=O)O)[C@H]3CCNC3)c2)Cc2cccc(C[C@H](C(=O)O)[C@H]3CCNC3)c2)c1)[C@H]1CCNC1. The van der Waals surface area contributed by atoms with Gasteiger partial charge in [0.05, 0.1) is 0 Å². The average Bonchev–Trinajstić information content (AvgIpc) is 4.00. The Morgan fingerprint density at radius 3 is 1.50 bits per heavy atom. The molecule has 3 saturated heterocycles. The molecule has 6 atom stereocenters. The van der Waals surface area contributed by atoms with Gasteiger partial charge in [-0.1, -0.05) is 0 Å². The van der Waals surface area contributed by atoms with E-state index in [4.69, 9.17) is 0 Å². The molecule has 6 N–H and O–H groups in total. The van der Waals surface area contributed by atoms with Crippen LogP contribution >= 0.6 is 0 Å². The van der Waals surface area contributed by atoms with Crippen LogP contribution in [0.15, 0.2) is 72.8 Å². The van der Waals surface area contributed by atoms with Gasteiger partial charge in [0, 0.05) is 0 Å². The summed E-state index contributed by atoms with van der Waals surface area (Å²) in [5.74, 6) is -3.44. The molecule has 0 spiro atoms. The minimum Gasteiger partial charge on any atom is -0.316 e. The molecule has 3 fully saturated rings. The van der Waals surface area contributed by atoms with Gasteiger partial charge in [0.25, 0.3) is 0 Å². The molecule has 56 heavy (non-hydrogen) atoms. The molecular formula is C44H56N4O7Se. The number of hydrogen-bond donors (Lipinski definition) is 6. The summed E-state index contributed by atoms with van der Waals surface area (Å²) < 4.78 is 1.16. The Labute approximate surface area is 336 Å². The van der Waals surface area contributed by atoms with Gasteiger partial charge in [0.2, 0.25) is 0 Å². The van der Waals surface area contributed by atoms with Crippen molar-refractivity contribution in [2.75, 3.05) is 45.8 Å². The van der Waals surface area contributed by atoms with Crippen LogP contribution in [0.4, 0.5) is 0 Å². The van der Waals surface area contributed by atoms with E-state index in [1.807, 2.05) is 65.6 Å². The molecule has 6 rings (SSSR count). The fraction of sp³-hybridized carbons (Fsp3) is 0.500. The van der Waals surface area contributed by atoms with Gasteiger partial charge in [0.1, 0.15) is 0 Å². The van der Waals surface area contributed by atoms with E-state index in [9.17, 15) is 34.5 Å². The van der Waals surface area contributed by atoms with Gasteiger partial charge in [-0.3, -0.25) is 0 Å². The molecular weight excluding hydrogens is 775 g/mol. The summed E-state index contributed by atoms with van der Waals surface area (Å²) in [4.78, 5) is 52.7. The zero-order valence-corrected chi connectivity index (χ0v) is 33.7. The number of carboxylic acid groups (broad SMARTS) is 3. The molecule has 1 amide bonds. The zero-order valence-electron chi connectivity index (χ0n) is 32.0. The Hall–Kier alpha value is -4.06. The van der Waals surface area contributed by atoms with Crippen molar-refractivity contribution in [1.82, 2.24) is 20.9 Å². The van der Waals surface area contributed by atoms with Gasteiger partial charge in [-0.25, -0.2) is 0 Å². The number of carboxylic acids is 3. The molecule has 3 aliphatic heterocycles. The van der Waals surface area contributed by atoms with Crippen molar-refractivity contribution in [3.05, 3.63) is 101 Å². The molecule has 0 radical (unpaired) electrons. The minimum absolute atomic E-state index is 0.0261. The van der Waals surface area contributed by atoms with E-state index in [0.29, 0.717) is 45.4 Å². The second-order valence-electron chi connectivity index (χ2n) is 15.8. The summed E-state index contributed by atoms with van der Waals surface area (Å²) in [6, 6.07) is 23.9. The Kier molecular flexibility index (Phi) is 15.1. The third-order valence-corrected chi connectivity index (χ3v) is 14.0. The van der Waals surface area contributed by atoms with Crippen LogP contribution in [0.2, 0.25) is 5.32 Å². The fourth-order valence-corrected chi connectivity index (χ4v) is 10.8. The van der Waals surface area contributed by atoms with Crippen LogP contribution < -0.4 is 20.4 Å². The van der Waals surface area contributed by atoms with Crippen molar-refractivity contribution < 1.29 is 34.5 Å². The quantitative estimate of drug-likeness (QED) is 0.0931. The molecule has 3 aliphatic rings. The molecule has 12 heteroatoms. The first-order valence-electron chi connectivity index (χ1n) is 20.1. The van der Waals surface area contributed by atoms with Gasteiger partial charge in [-0.05, 0) is 6.54 Å². The summed E-state index contributed by atoms with van der Waals surface area (Å²) in [5.41, 5.74) is 4.68. The summed E-state index contributed by atoms with van der Waals surface area (Å²) in [7, 11) is 0.